The number of aryl methyl sites for hydroxylation is 1. The molecule has 2 aromatic heterocycles. The van der Waals surface area contributed by atoms with Crippen LogP contribution in [-0.4, -0.2) is 37.5 Å². The first-order valence-electron chi connectivity index (χ1n) is 10.1. The van der Waals surface area contributed by atoms with Crippen LogP contribution in [0.5, 0.6) is 0 Å². The molecule has 33 heavy (non-hydrogen) atoms. The summed E-state index contributed by atoms with van der Waals surface area (Å²) < 4.78 is 2.28. The molecule has 1 amide bonds. The summed E-state index contributed by atoms with van der Waals surface area (Å²) in [6.07, 6.45) is -0.139. The lowest BCUT2D eigenvalue weighted by molar-refractivity contribution is -0.118. The SMILES string of the molecule is CN(C(=O)CCn1nnc2ccccc2c1=O)c1c(N)n(Cc2ccccc2)c(=O)[nH]c1=O. The van der Waals surface area contributed by atoms with Crippen molar-refractivity contribution >= 4 is 28.3 Å². The van der Waals surface area contributed by atoms with Gasteiger partial charge in [0.2, 0.25) is 5.91 Å². The summed E-state index contributed by atoms with van der Waals surface area (Å²) in [4.78, 5) is 53.5. The van der Waals surface area contributed by atoms with Crippen molar-refractivity contribution < 1.29 is 4.79 Å². The molecule has 0 radical (unpaired) electrons. The van der Waals surface area contributed by atoms with E-state index >= 15 is 0 Å². The van der Waals surface area contributed by atoms with Crippen molar-refractivity contribution in [3.63, 3.8) is 0 Å². The monoisotopic (exact) mass is 447 g/mol. The summed E-state index contributed by atoms with van der Waals surface area (Å²) in [5.74, 6) is -0.620. The molecular weight excluding hydrogens is 426 g/mol. The summed E-state index contributed by atoms with van der Waals surface area (Å²) >= 11 is 0. The average molecular weight is 447 g/mol. The zero-order valence-electron chi connectivity index (χ0n) is 17.8. The second-order valence-corrected chi connectivity index (χ2v) is 7.40. The Morgan fingerprint density at radius 1 is 1.06 bits per heavy atom. The van der Waals surface area contributed by atoms with Crippen LogP contribution in [-0.2, 0) is 17.9 Å². The average Bonchev–Trinajstić information content (AvgIpc) is 2.81. The van der Waals surface area contributed by atoms with Gasteiger partial charge in [-0.25, -0.2) is 9.48 Å². The van der Waals surface area contributed by atoms with Crippen LogP contribution in [0.1, 0.15) is 12.0 Å². The highest BCUT2D eigenvalue weighted by molar-refractivity contribution is 5.95. The molecule has 2 aromatic carbocycles. The van der Waals surface area contributed by atoms with Crippen LogP contribution in [0, 0.1) is 0 Å². The molecule has 0 saturated heterocycles. The number of nitrogens with one attached hydrogen (secondary N) is 1. The van der Waals surface area contributed by atoms with E-state index in [1.165, 1.54) is 11.6 Å². The summed E-state index contributed by atoms with van der Waals surface area (Å²) in [6, 6.07) is 15.9. The van der Waals surface area contributed by atoms with Crippen LogP contribution < -0.4 is 27.4 Å². The van der Waals surface area contributed by atoms with Crippen LogP contribution in [0.3, 0.4) is 0 Å². The lowest BCUT2D eigenvalue weighted by Gasteiger charge is -2.20. The molecule has 0 atom stereocenters. The van der Waals surface area contributed by atoms with E-state index in [2.05, 4.69) is 15.3 Å². The van der Waals surface area contributed by atoms with Crippen molar-refractivity contribution in [2.24, 2.45) is 0 Å². The van der Waals surface area contributed by atoms with Gasteiger partial charge in [0.05, 0.1) is 18.5 Å². The minimum absolute atomic E-state index is 0.0404. The molecule has 11 nitrogen and oxygen atoms in total. The fourth-order valence-electron chi connectivity index (χ4n) is 3.49. The number of amides is 1. The molecule has 11 heteroatoms. The quantitative estimate of drug-likeness (QED) is 0.432. The highest BCUT2D eigenvalue weighted by Gasteiger charge is 2.21. The molecule has 4 rings (SSSR count). The normalized spacial score (nSPS) is 10.9. The van der Waals surface area contributed by atoms with Gasteiger partial charge >= 0.3 is 5.69 Å². The van der Waals surface area contributed by atoms with Crippen molar-refractivity contribution in [2.45, 2.75) is 19.5 Å². The highest BCUT2D eigenvalue weighted by Crippen LogP contribution is 2.17. The summed E-state index contributed by atoms with van der Waals surface area (Å²) in [7, 11) is 1.38. The maximum atomic E-state index is 12.8. The lowest BCUT2D eigenvalue weighted by atomic mass is 10.2. The fourth-order valence-corrected chi connectivity index (χ4v) is 3.49. The Morgan fingerprint density at radius 3 is 2.52 bits per heavy atom. The molecule has 168 valence electrons. The summed E-state index contributed by atoms with van der Waals surface area (Å²) in [6.45, 7) is 0.0840. The number of hydrogen-bond donors (Lipinski definition) is 2. The number of fused-ring (bicyclic) bond motifs is 1. The predicted octanol–water partition coefficient (Wildman–Crippen LogP) is 0.325. The largest absolute Gasteiger partial charge is 0.383 e. The Morgan fingerprint density at radius 2 is 1.76 bits per heavy atom. The number of nitrogens with zero attached hydrogens (tertiary/aromatic N) is 5. The van der Waals surface area contributed by atoms with Crippen molar-refractivity contribution in [1.29, 1.82) is 0 Å². The topological polar surface area (TPSA) is 149 Å². The van der Waals surface area contributed by atoms with Crippen LogP contribution in [0.25, 0.3) is 10.9 Å². The van der Waals surface area contributed by atoms with E-state index in [0.29, 0.717) is 10.9 Å². The minimum atomic E-state index is -0.777. The molecule has 0 bridgehead atoms. The molecule has 0 aliphatic rings. The van der Waals surface area contributed by atoms with Gasteiger partial charge in [0.15, 0.2) is 5.69 Å². The number of rotatable bonds is 6. The van der Waals surface area contributed by atoms with E-state index in [-0.39, 0.29) is 36.6 Å². The van der Waals surface area contributed by atoms with Gasteiger partial charge in [-0.3, -0.25) is 23.9 Å². The van der Waals surface area contributed by atoms with Gasteiger partial charge in [-0.1, -0.05) is 47.7 Å². The van der Waals surface area contributed by atoms with Gasteiger partial charge in [-0.2, -0.15) is 0 Å². The Bertz CT molecular complexity index is 1510. The molecular formula is C22H21N7O4. The number of nitrogens with two attached hydrogens (primary N) is 1. The van der Waals surface area contributed by atoms with Gasteiger partial charge in [0, 0.05) is 13.5 Å². The molecule has 4 aromatic rings. The van der Waals surface area contributed by atoms with E-state index in [9.17, 15) is 19.2 Å². The van der Waals surface area contributed by atoms with E-state index in [1.54, 1.807) is 24.3 Å². The molecule has 0 unspecified atom stereocenters. The van der Waals surface area contributed by atoms with E-state index in [1.807, 2.05) is 30.3 Å². The smallest absolute Gasteiger partial charge is 0.330 e. The molecule has 0 aliphatic heterocycles. The zero-order valence-corrected chi connectivity index (χ0v) is 17.8. The highest BCUT2D eigenvalue weighted by atomic mass is 16.2. The number of nitrogen functional groups attached to an aromatic ring is 1. The number of H-pyrrole nitrogens is 1. The Balaban J connectivity index is 1.58. The molecule has 0 saturated carbocycles. The Hall–Kier alpha value is -4.54. The molecule has 0 fully saturated rings. The predicted molar refractivity (Wildman–Crippen MR) is 123 cm³/mol. The summed E-state index contributed by atoms with van der Waals surface area (Å²) in [5.41, 5.74) is 5.42. The molecule has 2 heterocycles. The van der Waals surface area contributed by atoms with Crippen LogP contribution in [0.4, 0.5) is 11.5 Å². The number of benzene rings is 2. The number of anilines is 2. The van der Waals surface area contributed by atoms with Gasteiger partial charge in [0.25, 0.3) is 11.1 Å². The van der Waals surface area contributed by atoms with Crippen molar-refractivity contribution in [3.8, 4) is 0 Å². The van der Waals surface area contributed by atoms with Gasteiger partial charge < -0.3 is 10.6 Å². The van der Waals surface area contributed by atoms with Crippen molar-refractivity contribution in [1.82, 2.24) is 24.5 Å². The van der Waals surface area contributed by atoms with Crippen LogP contribution >= 0.6 is 0 Å². The van der Waals surface area contributed by atoms with Crippen LogP contribution in [0.15, 0.2) is 69.0 Å². The first kappa shape index (κ1) is 21.7. The number of aromatic nitrogens is 5. The minimum Gasteiger partial charge on any atom is -0.383 e. The third kappa shape index (κ3) is 4.28. The van der Waals surface area contributed by atoms with E-state index < -0.39 is 17.2 Å². The summed E-state index contributed by atoms with van der Waals surface area (Å²) in [5, 5.41) is 8.24. The van der Waals surface area contributed by atoms with Crippen molar-refractivity contribution in [3.05, 3.63) is 91.4 Å². The standard InChI is InChI=1S/C22H21N7O4/c1-27(17(30)11-12-29-21(32)15-9-5-6-10-16(15)25-26-29)18-19(23)28(22(33)24-20(18)31)13-14-7-3-2-4-8-14/h2-10H,11-13,23H2,1H3,(H,24,31,33). The first-order chi connectivity index (χ1) is 15.9. The number of carbonyl (C=O) groups excluding carboxylic acids is 1. The number of aromatic amines is 1. The number of hydrogen-bond acceptors (Lipinski definition) is 7. The third-order valence-corrected chi connectivity index (χ3v) is 5.27. The van der Waals surface area contributed by atoms with E-state index in [0.717, 1.165) is 15.1 Å². The molecule has 0 aliphatic carbocycles. The van der Waals surface area contributed by atoms with E-state index in [4.69, 9.17) is 5.73 Å². The maximum Gasteiger partial charge on any atom is 0.330 e. The lowest BCUT2D eigenvalue weighted by Crippen LogP contribution is -2.40. The molecule has 0 spiro atoms. The first-order valence-corrected chi connectivity index (χ1v) is 10.1. The third-order valence-electron chi connectivity index (χ3n) is 5.27. The van der Waals surface area contributed by atoms with Gasteiger partial charge in [-0.05, 0) is 17.7 Å². The fraction of sp³-hybridized carbons (Fsp3) is 0.182. The Labute approximate surface area is 186 Å². The van der Waals surface area contributed by atoms with Crippen LogP contribution in [0.2, 0.25) is 0 Å². The second kappa shape index (κ2) is 8.91. The zero-order chi connectivity index (χ0) is 23.5. The van der Waals surface area contributed by atoms with Crippen molar-refractivity contribution in [2.75, 3.05) is 17.7 Å². The van der Waals surface area contributed by atoms with Gasteiger partial charge in [0.1, 0.15) is 11.3 Å². The molecule has 3 N–H and O–H groups in total. The Kier molecular flexibility index (Phi) is 5.85. The number of carbonyl (C=O) groups is 1. The second-order valence-electron chi connectivity index (χ2n) is 7.40. The maximum absolute atomic E-state index is 12.8. The van der Waals surface area contributed by atoms with Gasteiger partial charge in [-0.15, -0.1) is 5.10 Å².